The molecule has 0 N–H and O–H groups in total. The normalized spacial score (nSPS) is 14.2. The van der Waals surface area contributed by atoms with Crippen molar-refractivity contribution in [2.24, 2.45) is 17.5 Å². The van der Waals surface area contributed by atoms with E-state index in [0.29, 0.717) is 36.7 Å². The molecule has 4 rings (SSSR count). The van der Waals surface area contributed by atoms with Crippen molar-refractivity contribution in [3.8, 4) is 23.2 Å². The summed E-state index contributed by atoms with van der Waals surface area (Å²) in [5.74, 6) is 0.796. The molecule has 8 nitrogen and oxygen atoms in total. The lowest BCUT2D eigenvalue weighted by Gasteiger charge is -2.18. The van der Waals surface area contributed by atoms with Crippen molar-refractivity contribution in [2.45, 2.75) is 40.2 Å². The number of fused-ring (bicyclic) bond motifs is 1. The Morgan fingerprint density at radius 2 is 2.03 bits per heavy atom. The maximum Gasteiger partial charge on any atom is 0.328 e. The molecule has 0 amide bonds. The zero-order chi connectivity index (χ0) is 22.2. The van der Waals surface area contributed by atoms with E-state index in [9.17, 15) is 10.1 Å². The molecule has 0 aliphatic carbocycles. The highest BCUT2D eigenvalue weighted by molar-refractivity contribution is 5.82. The van der Waals surface area contributed by atoms with Crippen LogP contribution in [0.5, 0.6) is 5.88 Å². The van der Waals surface area contributed by atoms with E-state index in [0.717, 1.165) is 16.6 Å². The van der Waals surface area contributed by atoms with Gasteiger partial charge in [0.1, 0.15) is 11.8 Å². The Morgan fingerprint density at radius 1 is 1.23 bits per heavy atom. The number of nitriles is 1. The van der Waals surface area contributed by atoms with Crippen LogP contribution in [-0.2, 0) is 13.6 Å². The highest BCUT2D eigenvalue weighted by Gasteiger charge is 2.19. The summed E-state index contributed by atoms with van der Waals surface area (Å²) in [6.07, 6.45) is 6.17. The maximum absolute atomic E-state index is 12.8. The molecule has 0 bridgehead atoms. The summed E-state index contributed by atoms with van der Waals surface area (Å²) in [7, 11) is 1.78. The van der Waals surface area contributed by atoms with Crippen molar-refractivity contribution in [1.29, 1.82) is 5.26 Å². The molecule has 1 aliphatic rings. The molecule has 0 unspecified atom stereocenters. The molecule has 2 aromatic heterocycles. The third-order valence-corrected chi connectivity index (χ3v) is 5.00. The van der Waals surface area contributed by atoms with Gasteiger partial charge in [-0.05, 0) is 24.0 Å². The Morgan fingerprint density at radius 3 is 2.77 bits per heavy atom. The molecule has 0 fully saturated rings. The Hall–Kier alpha value is -3.73. The zero-order valence-corrected chi connectivity index (χ0v) is 18.1. The molecule has 0 saturated carbocycles. The minimum absolute atomic E-state index is 0.0198. The van der Waals surface area contributed by atoms with Crippen LogP contribution in [0.3, 0.4) is 0 Å². The van der Waals surface area contributed by atoms with Crippen LogP contribution in [0, 0.1) is 16.7 Å². The van der Waals surface area contributed by atoms with Gasteiger partial charge in [0.05, 0.1) is 29.1 Å². The van der Waals surface area contributed by atoms with Crippen LogP contribution in [0.4, 0.5) is 0 Å². The van der Waals surface area contributed by atoms with Crippen LogP contribution in [0.1, 0.15) is 33.6 Å². The van der Waals surface area contributed by atoms with Gasteiger partial charge in [0, 0.05) is 31.8 Å². The number of hydrogen-bond acceptors (Lipinski definition) is 6. The number of aryl methyl sites for hydroxylation is 1. The predicted molar refractivity (Wildman–Crippen MR) is 119 cm³/mol. The SMILES string of the molecule is Cn1c(=O)n(CC(C)(C)C)c2ccc(-c3cncc(OC4=C(C#N)N=CCC4)n3)cc21. The van der Waals surface area contributed by atoms with Gasteiger partial charge in [0.25, 0.3) is 0 Å². The molecule has 0 spiro atoms. The summed E-state index contributed by atoms with van der Waals surface area (Å²) in [5.41, 5.74) is 3.35. The summed E-state index contributed by atoms with van der Waals surface area (Å²) in [4.78, 5) is 25.7. The largest absolute Gasteiger partial charge is 0.439 e. The molecular weight excluding hydrogens is 392 g/mol. The van der Waals surface area contributed by atoms with Crippen LogP contribution in [0.2, 0.25) is 0 Å². The van der Waals surface area contributed by atoms with Crippen molar-refractivity contribution in [1.82, 2.24) is 19.1 Å². The topological polar surface area (TPSA) is 98.1 Å². The third kappa shape index (κ3) is 4.12. The standard InChI is InChI=1S/C23H24N6O2/c1-23(2,3)14-29-18-8-7-15(10-19(18)28(4)22(29)30)17-12-25-13-21(27-17)31-20-6-5-9-26-16(20)11-24/h7-10,12-13H,5-6,14H2,1-4H3. The quantitative estimate of drug-likeness (QED) is 0.644. The molecule has 3 aromatic rings. The van der Waals surface area contributed by atoms with Crippen molar-refractivity contribution in [2.75, 3.05) is 0 Å². The van der Waals surface area contributed by atoms with Crippen LogP contribution in [0.15, 0.2) is 51.8 Å². The van der Waals surface area contributed by atoms with E-state index in [1.165, 1.54) is 6.20 Å². The van der Waals surface area contributed by atoms with Crippen molar-refractivity contribution < 1.29 is 4.74 Å². The van der Waals surface area contributed by atoms with E-state index >= 15 is 0 Å². The molecule has 3 heterocycles. The third-order valence-electron chi connectivity index (χ3n) is 5.00. The molecule has 8 heteroatoms. The lowest BCUT2D eigenvalue weighted by Crippen LogP contribution is -2.27. The highest BCUT2D eigenvalue weighted by atomic mass is 16.5. The number of hydrogen-bond donors (Lipinski definition) is 0. The molecule has 158 valence electrons. The Bertz CT molecular complexity index is 1310. The van der Waals surface area contributed by atoms with Gasteiger partial charge in [-0.25, -0.2) is 14.8 Å². The summed E-state index contributed by atoms with van der Waals surface area (Å²) in [5, 5.41) is 9.23. The van der Waals surface area contributed by atoms with Gasteiger partial charge < -0.3 is 4.74 Å². The van der Waals surface area contributed by atoms with E-state index in [-0.39, 0.29) is 16.8 Å². The van der Waals surface area contributed by atoms with Gasteiger partial charge in [-0.1, -0.05) is 26.8 Å². The first kappa shape index (κ1) is 20.5. The fraction of sp³-hybridized carbons (Fsp3) is 0.348. The second-order valence-corrected chi connectivity index (χ2v) is 8.77. The van der Waals surface area contributed by atoms with Gasteiger partial charge in [0.2, 0.25) is 5.88 Å². The van der Waals surface area contributed by atoms with E-state index < -0.39 is 0 Å². The molecule has 0 radical (unpaired) electrons. The lowest BCUT2D eigenvalue weighted by molar-refractivity contribution is 0.342. The molecule has 0 atom stereocenters. The first-order valence-corrected chi connectivity index (χ1v) is 10.1. The highest BCUT2D eigenvalue weighted by Crippen LogP contribution is 2.26. The average molecular weight is 416 g/mol. The first-order chi connectivity index (χ1) is 14.8. The summed E-state index contributed by atoms with van der Waals surface area (Å²) in [6, 6.07) is 7.86. The summed E-state index contributed by atoms with van der Waals surface area (Å²) in [6.45, 7) is 6.96. The number of benzene rings is 1. The lowest BCUT2D eigenvalue weighted by atomic mass is 9.97. The van der Waals surface area contributed by atoms with Gasteiger partial charge in [-0.3, -0.25) is 14.1 Å². The van der Waals surface area contributed by atoms with E-state index in [2.05, 4.69) is 35.7 Å². The van der Waals surface area contributed by atoms with Crippen LogP contribution >= 0.6 is 0 Å². The molecule has 31 heavy (non-hydrogen) atoms. The van der Waals surface area contributed by atoms with Crippen molar-refractivity contribution in [3.05, 3.63) is 52.5 Å². The molecule has 1 aliphatic heterocycles. The number of aromatic nitrogens is 4. The number of allylic oxidation sites excluding steroid dienone is 2. The van der Waals surface area contributed by atoms with Gasteiger partial charge in [0.15, 0.2) is 5.70 Å². The average Bonchev–Trinajstić information content (AvgIpc) is 2.97. The van der Waals surface area contributed by atoms with Crippen molar-refractivity contribution in [3.63, 3.8) is 0 Å². The molecule has 0 saturated heterocycles. The monoisotopic (exact) mass is 416 g/mol. The second-order valence-electron chi connectivity index (χ2n) is 8.77. The molecule has 1 aromatic carbocycles. The minimum Gasteiger partial charge on any atom is -0.439 e. The Labute approximate surface area is 180 Å². The number of aliphatic imine (C=N–C) groups is 1. The zero-order valence-electron chi connectivity index (χ0n) is 18.1. The van der Waals surface area contributed by atoms with Gasteiger partial charge in [-0.2, -0.15) is 5.26 Å². The smallest absolute Gasteiger partial charge is 0.328 e. The second kappa shape index (κ2) is 7.84. The van der Waals surface area contributed by atoms with Gasteiger partial charge >= 0.3 is 5.69 Å². The molecular formula is C23H24N6O2. The van der Waals surface area contributed by atoms with E-state index in [4.69, 9.17) is 4.74 Å². The Kier molecular flexibility index (Phi) is 5.19. The van der Waals surface area contributed by atoms with Crippen LogP contribution < -0.4 is 10.4 Å². The van der Waals surface area contributed by atoms with Crippen LogP contribution in [0.25, 0.3) is 22.3 Å². The maximum atomic E-state index is 12.8. The Balaban J connectivity index is 1.72. The van der Waals surface area contributed by atoms with Crippen LogP contribution in [-0.4, -0.2) is 25.3 Å². The number of rotatable bonds is 4. The van der Waals surface area contributed by atoms with E-state index in [1.807, 2.05) is 28.8 Å². The predicted octanol–water partition coefficient (Wildman–Crippen LogP) is 3.82. The van der Waals surface area contributed by atoms with Crippen molar-refractivity contribution >= 4 is 17.2 Å². The fourth-order valence-corrected chi connectivity index (χ4v) is 3.59. The summed E-state index contributed by atoms with van der Waals surface area (Å²) >= 11 is 0. The number of nitrogens with zero attached hydrogens (tertiary/aromatic N) is 6. The van der Waals surface area contributed by atoms with E-state index in [1.54, 1.807) is 24.0 Å². The summed E-state index contributed by atoms with van der Waals surface area (Å²) < 4.78 is 9.29. The fourth-order valence-electron chi connectivity index (χ4n) is 3.59. The van der Waals surface area contributed by atoms with Gasteiger partial charge in [-0.15, -0.1) is 0 Å². The minimum atomic E-state index is -0.0425. The number of imidazole rings is 1. The first-order valence-electron chi connectivity index (χ1n) is 10.1. The number of ether oxygens (including phenoxy) is 1.